The first-order valence-corrected chi connectivity index (χ1v) is 7.16. The van der Waals surface area contributed by atoms with Gasteiger partial charge in [-0.05, 0) is 25.0 Å². The van der Waals surface area contributed by atoms with Crippen LogP contribution in [0.25, 0.3) is 0 Å². The number of carbonyl (C=O) groups excluding carboxylic acids is 1. The van der Waals surface area contributed by atoms with Gasteiger partial charge in [-0.3, -0.25) is 9.78 Å². The summed E-state index contributed by atoms with van der Waals surface area (Å²) >= 11 is 3.37. The maximum atomic E-state index is 11.6. The molecule has 1 unspecified atom stereocenters. The van der Waals surface area contributed by atoms with E-state index >= 15 is 0 Å². The van der Waals surface area contributed by atoms with Gasteiger partial charge in [0.15, 0.2) is 0 Å². The van der Waals surface area contributed by atoms with E-state index in [0.29, 0.717) is 12.2 Å². The van der Waals surface area contributed by atoms with Crippen LogP contribution in [0.5, 0.6) is 0 Å². The van der Waals surface area contributed by atoms with Crippen molar-refractivity contribution in [3.05, 3.63) is 28.5 Å². The van der Waals surface area contributed by atoms with Crippen LogP contribution in [-0.4, -0.2) is 46.6 Å². The van der Waals surface area contributed by atoms with Gasteiger partial charge in [-0.2, -0.15) is 0 Å². The van der Waals surface area contributed by atoms with Crippen molar-refractivity contribution in [1.82, 2.24) is 9.88 Å². The second-order valence-electron chi connectivity index (χ2n) is 4.89. The summed E-state index contributed by atoms with van der Waals surface area (Å²) in [6.45, 7) is 2.14. The molecule has 1 aromatic heterocycles. The number of hydrogen-bond acceptors (Lipinski definition) is 4. The molecule has 0 radical (unpaired) electrons. The van der Waals surface area contributed by atoms with Crippen LogP contribution in [0.4, 0.5) is 0 Å². The van der Waals surface area contributed by atoms with Crippen molar-refractivity contribution in [2.45, 2.75) is 24.9 Å². The lowest BCUT2D eigenvalue weighted by atomic mass is 10.0. The lowest BCUT2D eigenvalue weighted by molar-refractivity contribution is -0.120. The third-order valence-electron chi connectivity index (χ3n) is 3.44. The zero-order valence-electron chi connectivity index (χ0n) is 10.6. The molecule has 0 aromatic carbocycles. The van der Waals surface area contributed by atoms with Crippen LogP contribution in [-0.2, 0) is 4.79 Å². The molecule has 1 fully saturated rings. The van der Waals surface area contributed by atoms with Gasteiger partial charge in [-0.25, -0.2) is 0 Å². The fourth-order valence-electron chi connectivity index (χ4n) is 2.30. The second-order valence-corrected chi connectivity index (χ2v) is 5.80. The average Bonchev–Trinajstić information content (AvgIpc) is 2.37. The van der Waals surface area contributed by atoms with Crippen LogP contribution in [0.3, 0.4) is 0 Å². The number of rotatable bonds is 4. The number of likely N-dealkylation sites (tertiary alicyclic amines) is 1. The van der Waals surface area contributed by atoms with E-state index in [4.69, 9.17) is 5.73 Å². The quantitative estimate of drug-likeness (QED) is 0.860. The number of pyridine rings is 1. The van der Waals surface area contributed by atoms with Gasteiger partial charge in [0, 0.05) is 30.3 Å². The van der Waals surface area contributed by atoms with Crippen LogP contribution in [0, 0.1) is 0 Å². The summed E-state index contributed by atoms with van der Waals surface area (Å²) in [5.74, 6) is -0.774. The average molecular weight is 328 g/mol. The van der Waals surface area contributed by atoms with E-state index in [2.05, 4.69) is 25.8 Å². The Bertz CT molecular complexity index is 447. The molecule has 104 valence electrons. The van der Waals surface area contributed by atoms with Crippen LogP contribution >= 0.6 is 15.9 Å². The highest BCUT2D eigenvalue weighted by atomic mass is 79.9. The van der Waals surface area contributed by atoms with Crippen LogP contribution in [0.1, 0.15) is 24.5 Å². The van der Waals surface area contributed by atoms with Gasteiger partial charge >= 0.3 is 0 Å². The van der Waals surface area contributed by atoms with Crippen molar-refractivity contribution in [2.24, 2.45) is 5.73 Å². The van der Waals surface area contributed by atoms with E-state index in [-0.39, 0.29) is 12.0 Å². The molecule has 6 heteroatoms. The summed E-state index contributed by atoms with van der Waals surface area (Å²) in [4.78, 5) is 18.0. The number of carbonyl (C=O) groups is 1. The summed E-state index contributed by atoms with van der Waals surface area (Å²) in [6.07, 6.45) is 2.94. The molecule has 1 amide bonds. The predicted octanol–water partition coefficient (Wildman–Crippen LogP) is 0.870. The van der Waals surface area contributed by atoms with E-state index < -0.39 is 5.92 Å². The molecule has 0 spiro atoms. The Labute approximate surface area is 120 Å². The number of primary amides is 1. The Morgan fingerprint density at radius 3 is 2.84 bits per heavy atom. The zero-order chi connectivity index (χ0) is 13.8. The molecule has 3 N–H and O–H groups in total. The summed E-state index contributed by atoms with van der Waals surface area (Å²) in [5.41, 5.74) is 6.18. The topological polar surface area (TPSA) is 79.5 Å². The smallest absolute Gasteiger partial charge is 0.227 e. The largest absolute Gasteiger partial charge is 0.393 e. The highest BCUT2D eigenvalue weighted by molar-refractivity contribution is 9.10. The van der Waals surface area contributed by atoms with Crippen molar-refractivity contribution in [1.29, 1.82) is 0 Å². The van der Waals surface area contributed by atoms with Gasteiger partial charge in [0.25, 0.3) is 0 Å². The van der Waals surface area contributed by atoms with Gasteiger partial charge in [0.05, 0.1) is 17.7 Å². The van der Waals surface area contributed by atoms with Gasteiger partial charge in [-0.1, -0.05) is 15.9 Å². The molecule has 2 heterocycles. The predicted molar refractivity (Wildman–Crippen MR) is 75.6 cm³/mol. The van der Waals surface area contributed by atoms with Crippen molar-refractivity contribution in [2.75, 3.05) is 19.6 Å². The molecule has 1 aliphatic heterocycles. The minimum absolute atomic E-state index is 0.215. The third-order valence-corrected chi connectivity index (χ3v) is 3.93. The van der Waals surface area contributed by atoms with Crippen molar-refractivity contribution >= 4 is 21.8 Å². The lowest BCUT2D eigenvalue weighted by Crippen LogP contribution is -2.41. The van der Waals surface area contributed by atoms with E-state index in [1.807, 2.05) is 12.1 Å². The number of aliphatic hydroxyl groups excluding tert-OH is 1. The first-order valence-electron chi connectivity index (χ1n) is 6.37. The Morgan fingerprint density at radius 2 is 2.26 bits per heavy atom. The molecule has 1 aliphatic rings. The fraction of sp³-hybridized carbons (Fsp3) is 0.538. The molecule has 2 rings (SSSR count). The molecular formula is C13H18BrN3O2. The van der Waals surface area contributed by atoms with Crippen LogP contribution < -0.4 is 5.73 Å². The van der Waals surface area contributed by atoms with E-state index in [1.165, 1.54) is 0 Å². The number of nitrogens with zero attached hydrogens (tertiary/aromatic N) is 2. The van der Waals surface area contributed by atoms with Crippen molar-refractivity contribution < 1.29 is 9.90 Å². The molecule has 1 saturated heterocycles. The molecule has 0 saturated carbocycles. The molecule has 19 heavy (non-hydrogen) atoms. The summed E-state index contributed by atoms with van der Waals surface area (Å²) in [7, 11) is 0. The number of hydrogen-bond donors (Lipinski definition) is 2. The normalized spacial score (nSPS) is 19.3. The number of halogens is 1. The highest BCUT2D eigenvalue weighted by Crippen LogP contribution is 2.20. The molecule has 1 atom stereocenters. The summed E-state index contributed by atoms with van der Waals surface area (Å²) in [5, 5.41) is 9.49. The molecule has 0 bridgehead atoms. The molecule has 5 nitrogen and oxygen atoms in total. The number of aromatic nitrogens is 1. The second kappa shape index (κ2) is 6.45. The Kier molecular flexibility index (Phi) is 4.90. The fourth-order valence-corrected chi connectivity index (χ4v) is 2.65. The van der Waals surface area contributed by atoms with Crippen LogP contribution in [0.15, 0.2) is 22.8 Å². The third kappa shape index (κ3) is 3.99. The maximum Gasteiger partial charge on any atom is 0.227 e. The number of piperidine rings is 1. The summed E-state index contributed by atoms with van der Waals surface area (Å²) < 4.78 is 0.887. The molecule has 0 aliphatic carbocycles. The van der Waals surface area contributed by atoms with Crippen molar-refractivity contribution in [3.63, 3.8) is 0 Å². The number of amides is 1. The molecule has 1 aromatic rings. The van der Waals surface area contributed by atoms with Gasteiger partial charge in [0.1, 0.15) is 0 Å². The van der Waals surface area contributed by atoms with Crippen LogP contribution in [0.2, 0.25) is 0 Å². The molecular weight excluding hydrogens is 310 g/mol. The standard InChI is InChI=1S/C13H18BrN3O2/c14-9-1-4-16-12(7-9)11(13(15)19)8-17-5-2-10(18)3-6-17/h1,4,7,10-11,18H,2-3,5-6,8H2,(H2,15,19). The van der Waals surface area contributed by atoms with Crippen molar-refractivity contribution in [3.8, 4) is 0 Å². The van der Waals surface area contributed by atoms with Gasteiger partial charge in [0.2, 0.25) is 5.91 Å². The highest BCUT2D eigenvalue weighted by Gasteiger charge is 2.25. The minimum atomic E-state index is -0.409. The lowest BCUT2D eigenvalue weighted by Gasteiger charge is -2.31. The number of nitrogens with two attached hydrogens (primary N) is 1. The van der Waals surface area contributed by atoms with Gasteiger partial charge in [-0.15, -0.1) is 0 Å². The summed E-state index contributed by atoms with van der Waals surface area (Å²) in [6, 6.07) is 3.65. The Hall–Kier alpha value is -0.980. The van der Waals surface area contributed by atoms with E-state index in [0.717, 1.165) is 30.4 Å². The number of aliphatic hydroxyl groups is 1. The van der Waals surface area contributed by atoms with Gasteiger partial charge < -0.3 is 15.7 Å². The van der Waals surface area contributed by atoms with E-state index in [9.17, 15) is 9.90 Å². The monoisotopic (exact) mass is 327 g/mol. The van der Waals surface area contributed by atoms with E-state index in [1.54, 1.807) is 6.20 Å². The zero-order valence-corrected chi connectivity index (χ0v) is 12.2. The first-order chi connectivity index (χ1) is 9.06. The SMILES string of the molecule is NC(=O)C(CN1CCC(O)CC1)c1cc(Br)ccn1. The maximum absolute atomic E-state index is 11.6. The Morgan fingerprint density at radius 1 is 1.58 bits per heavy atom. The Balaban J connectivity index is 2.06. The first kappa shape index (κ1) is 14.4. The minimum Gasteiger partial charge on any atom is -0.393 e.